The first-order valence-electron chi connectivity index (χ1n) is 14.1. The molecule has 0 unspecified atom stereocenters. The molecule has 0 radical (unpaired) electrons. The number of rotatable bonds is 4. The van der Waals surface area contributed by atoms with Crippen LogP contribution in [-0.2, 0) is 0 Å². The first-order chi connectivity index (χ1) is 21.8. The fourth-order valence-electron chi connectivity index (χ4n) is 6.05. The highest BCUT2D eigenvalue weighted by Gasteiger charge is 2.19. The molecule has 0 aromatic carbocycles. The molecule has 2 aliphatic heterocycles. The van der Waals surface area contributed by atoms with Crippen molar-refractivity contribution in [3.8, 4) is 44.5 Å². The predicted octanol–water partition coefficient (Wildman–Crippen LogP) is 9.70. The molecule has 8 heteroatoms. The number of fused-ring (bicyclic) bond motifs is 8. The molecule has 0 aliphatic carbocycles. The lowest BCUT2D eigenvalue weighted by atomic mass is 10.1. The molecule has 0 spiro atoms. The third-order valence-corrected chi connectivity index (χ3v) is 7.99. The lowest BCUT2D eigenvalue weighted by Gasteiger charge is -2.03. The standard InChI is InChI=1S/C36H22N4O4/c1-2-26-34(22-10-14-42-18-22)28-5-6-30(39-28)36(24-12-16-44-20-24)32-8-7-31(40-32)35(23-11-15-43-19-23)29-4-3-27(38-29)33(25(1)37-26)21-9-13-41-17-21/h1-20,37,40H. The molecule has 7 aromatic rings. The summed E-state index contributed by atoms with van der Waals surface area (Å²) in [6.07, 6.45) is 21.8. The van der Waals surface area contributed by atoms with Gasteiger partial charge in [0.15, 0.2) is 0 Å². The van der Waals surface area contributed by atoms with Crippen molar-refractivity contribution in [2.24, 2.45) is 0 Å². The van der Waals surface area contributed by atoms with Crippen molar-refractivity contribution in [1.82, 2.24) is 19.9 Å². The molecule has 2 N–H and O–H groups in total. The second-order valence-corrected chi connectivity index (χ2v) is 10.6. The first kappa shape index (κ1) is 24.3. The summed E-state index contributed by atoms with van der Waals surface area (Å²) in [5.41, 5.74) is 14.1. The molecule has 210 valence electrons. The third kappa shape index (κ3) is 3.85. The fourth-order valence-corrected chi connectivity index (χ4v) is 6.05. The Balaban J connectivity index is 1.49. The molecular weight excluding hydrogens is 552 g/mol. The summed E-state index contributed by atoms with van der Waals surface area (Å²) in [4.78, 5) is 17.7. The van der Waals surface area contributed by atoms with E-state index in [1.165, 1.54) is 0 Å². The Bertz CT molecular complexity index is 2040. The number of nitrogens with one attached hydrogen (secondary N) is 2. The summed E-state index contributed by atoms with van der Waals surface area (Å²) in [5, 5.41) is 0. The molecule has 2 aliphatic rings. The summed E-state index contributed by atoms with van der Waals surface area (Å²) >= 11 is 0. The van der Waals surface area contributed by atoms with Gasteiger partial charge >= 0.3 is 0 Å². The number of furan rings is 4. The average molecular weight is 575 g/mol. The van der Waals surface area contributed by atoms with Crippen molar-refractivity contribution < 1.29 is 17.7 Å². The van der Waals surface area contributed by atoms with Crippen molar-refractivity contribution in [2.45, 2.75) is 0 Å². The van der Waals surface area contributed by atoms with Crippen LogP contribution >= 0.6 is 0 Å². The van der Waals surface area contributed by atoms with Crippen molar-refractivity contribution in [3.63, 3.8) is 0 Å². The van der Waals surface area contributed by atoms with Gasteiger partial charge in [-0.15, -0.1) is 0 Å². The van der Waals surface area contributed by atoms with Gasteiger partial charge in [-0.05, 0) is 72.8 Å². The highest BCUT2D eigenvalue weighted by molar-refractivity contribution is 5.99. The molecule has 44 heavy (non-hydrogen) atoms. The van der Waals surface area contributed by atoms with Crippen molar-refractivity contribution in [2.75, 3.05) is 0 Å². The molecule has 8 nitrogen and oxygen atoms in total. The Kier molecular flexibility index (Phi) is 5.33. The Hall–Kier alpha value is -6.28. The van der Waals surface area contributed by atoms with Crippen LogP contribution < -0.4 is 0 Å². The minimum Gasteiger partial charge on any atom is -0.472 e. The minimum atomic E-state index is 0.805. The monoisotopic (exact) mass is 574 g/mol. The quantitative estimate of drug-likeness (QED) is 0.216. The smallest absolute Gasteiger partial charge is 0.0982 e. The maximum Gasteiger partial charge on any atom is 0.0982 e. The number of H-pyrrole nitrogens is 2. The summed E-state index contributed by atoms with van der Waals surface area (Å²) in [6, 6.07) is 16.0. The molecule has 9 rings (SSSR count). The van der Waals surface area contributed by atoms with Crippen LogP contribution in [0.4, 0.5) is 0 Å². The van der Waals surface area contributed by atoms with Crippen LogP contribution in [0.3, 0.4) is 0 Å². The Morgan fingerprint density at radius 1 is 0.364 bits per heavy atom. The van der Waals surface area contributed by atoms with Crippen LogP contribution in [-0.4, -0.2) is 19.9 Å². The van der Waals surface area contributed by atoms with E-state index >= 15 is 0 Å². The maximum atomic E-state index is 5.52. The van der Waals surface area contributed by atoms with Crippen LogP contribution in [0.15, 0.2) is 116 Å². The van der Waals surface area contributed by atoms with Gasteiger partial charge in [-0.1, -0.05) is 0 Å². The van der Waals surface area contributed by atoms with Crippen molar-refractivity contribution in [1.29, 1.82) is 0 Å². The van der Waals surface area contributed by atoms with Crippen LogP contribution in [0.5, 0.6) is 0 Å². The number of nitrogens with zero attached hydrogens (tertiary/aromatic N) is 2. The van der Waals surface area contributed by atoms with Crippen LogP contribution in [0.1, 0.15) is 22.8 Å². The zero-order valence-electron chi connectivity index (χ0n) is 23.1. The second kappa shape index (κ2) is 9.64. The van der Waals surface area contributed by atoms with Crippen molar-refractivity contribution >= 4 is 46.4 Å². The van der Waals surface area contributed by atoms with E-state index in [2.05, 4.69) is 34.2 Å². The number of hydrogen-bond acceptors (Lipinski definition) is 6. The van der Waals surface area contributed by atoms with Crippen LogP contribution in [0.25, 0.3) is 90.9 Å². The molecule has 0 saturated carbocycles. The van der Waals surface area contributed by atoms with E-state index in [4.69, 9.17) is 27.6 Å². The van der Waals surface area contributed by atoms with Gasteiger partial charge in [-0.3, -0.25) is 0 Å². The van der Waals surface area contributed by atoms with Gasteiger partial charge in [0.05, 0.1) is 72.9 Å². The lowest BCUT2D eigenvalue weighted by Crippen LogP contribution is -1.88. The molecular formula is C36H22N4O4. The minimum absolute atomic E-state index is 0.805. The van der Waals surface area contributed by atoms with E-state index in [0.29, 0.717) is 0 Å². The van der Waals surface area contributed by atoms with Crippen LogP contribution in [0, 0.1) is 0 Å². The number of hydrogen-bond donors (Lipinski definition) is 2. The van der Waals surface area contributed by atoms with Gasteiger partial charge in [-0.2, -0.15) is 0 Å². The van der Waals surface area contributed by atoms with Crippen molar-refractivity contribution in [3.05, 3.63) is 121 Å². The molecule has 0 saturated heterocycles. The summed E-state index contributed by atoms with van der Waals surface area (Å²) in [5.74, 6) is 0. The molecule has 0 atom stereocenters. The molecule has 8 bridgehead atoms. The molecule has 0 fully saturated rings. The first-order valence-corrected chi connectivity index (χ1v) is 14.1. The highest BCUT2D eigenvalue weighted by atomic mass is 16.3. The van der Waals surface area contributed by atoms with Gasteiger partial charge in [0.1, 0.15) is 0 Å². The largest absolute Gasteiger partial charge is 0.472 e. The lowest BCUT2D eigenvalue weighted by molar-refractivity contribution is 0.568. The zero-order valence-corrected chi connectivity index (χ0v) is 23.1. The van der Waals surface area contributed by atoms with Gasteiger partial charge in [-0.25, -0.2) is 9.97 Å². The fraction of sp³-hybridized carbons (Fsp3) is 0. The summed E-state index contributed by atoms with van der Waals surface area (Å²) in [7, 11) is 0. The summed E-state index contributed by atoms with van der Waals surface area (Å²) < 4.78 is 22.1. The molecule has 0 amide bonds. The second-order valence-electron chi connectivity index (χ2n) is 10.6. The SMILES string of the molecule is C1=Cc2nc1c(-c1ccoc1)c1ccc([nH]1)c(-c1ccoc1)c1nc(c(-c3ccoc3)c3ccc([nH]3)c2-c2ccoc2)C=C1. The Morgan fingerprint density at radius 2 is 0.636 bits per heavy atom. The van der Waals surface area contributed by atoms with E-state index in [1.807, 2.05) is 48.6 Å². The normalized spacial score (nSPS) is 12.4. The van der Waals surface area contributed by atoms with E-state index < -0.39 is 0 Å². The highest BCUT2D eigenvalue weighted by Crippen LogP contribution is 2.38. The molecule has 7 aromatic heterocycles. The topological polar surface area (TPSA) is 110 Å². The predicted molar refractivity (Wildman–Crippen MR) is 170 cm³/mol. The van der Waals surface area contributed by atoms with Gasteiger partial charge in [0, 0.05) is 66.6 Å². The van der Waals surface area contributed by atoms with Gasteiger partial charge in [0.25, 0.3) is 0 Å². The zero-order chi connectivity index (χ0) is 29.0. The Labute approximate surface area is 249 Å². The van der Waals surface area contributed by atoms with E-state index in [-0.39, 0.29) is 0 Å². The maximum absolute atomic E-state index is 5.52. The number of aromatic nitrogens is 4. The molecule has 9 heterocycles. The third-order valence-electron chi connectivity index (χ3n) is 7.99. The van der Waals surface area contributed by atoms with E-state index in [1.54, 1.807) is 50.1 Å². The van der Waals surface area contributed by atoms with Gasteiger partial charge < -0.3 is 27.6 Å². The van der Waals surface area contributed by atoms with Crippen LogP contribution in [0.2, 0.25) is 0 Å². The Morgan fingerprint density at radius 3 is 0.864 bits per heavy atom. The average Bonchev–Trinajstić information content (AvgIpc) is 3.90. The summed E-state index contributed by atoms with van der Waals surface area (Å²) in [6.45, 7) is 0. The van der Waals surface area contributed by atoms with E-state index in [9.17, 15) is 0 Å². The van der Waals surface area contributed by atoms with E-state index in [0.717, 1.165) is 89.4 Å². The number of aromatic amines is 2. The van der Waals surface area contributed by atoms with Gasteiger partial charge in [0.2, 0.25) is 0 Å².